The molecule has 0 aromatic carbocycles. The van der Waals surface area contributed by atoms with Crippen LogP contribution in [0.5, 0.6) is 0 Å². The molecule has 0 atom stereocenters. The van der Waals surface area contributed by atoms with Crippen LogP contribution in [0.4, 0.5) is 0 Å². The molecule has 0 saturated heterocycles. The summed E-state index contributed by atoms with van der Waals surface area (Å²) in [4.78, 5) is 10.7. The third kappa shape index (κ3) is 11.6. The van der Waals surface area contributed by atoms with Crippen molar-refractivity contribution >= 4 is 12.1 Å². The van der Waals surface area contributed by atoms with Crippen LogP contribution >= 0.6 is 0 Å². The molecule has 0 aliphatic heterocycles. The third-order valence-corrected chi connectivity index (χ3v) is 1.48. The molecule has 0 bridgehead atoms. The van der Waals surface area contributed by atoms with Crippen molar-refractivity contribution < 1.29 is 38.5 Å². The predicted octanol–water partition coefficient (Wildman–Crippen LogP) is -3.34. The topological polar surface area (TPSA) is 61.7 Å². The highest BCUT2D eigenvalue weighted by atomic mass is 127. The van der Waals surface area contributed by atoms with Crippen LogP contribution in [-0.2, 0) is 4.79 Å². The molecular formula is C8H18IN3O2. The molecule has 0 saturated carbocycles. The SMILES string of the molecule is C[N+](C)(C)CCCNC(=O)/C=N/O.[I-]. The lowest BCUT2D eigenvalue weighted by atomic mass is 10.3. The maximum absolute atomic E-state index is 10.7. The first kappa shape index (κ1) is 16.1. The fraction of sp³-hybridized carbons (Fsp3) is 0.750. The van der Waals surface area contributed by atoms with Gasteiger partial charge in [-0.2, -0.15) is 0 Å². The van der Waals surface area contributed by atoms with E-state index in [4.69, 9.17) is 5.21 Å². The van der Waals surface area contributed by atoms with E-state index in [0.29, 0.717) is 6.54 Å². The molecule has 0 aliphatic rings. The van der Waals surface area contributed by atoms with Gasteiger partial charge in [-0.3, -0.25) is 4.79 Å². The molecule has 0 aromatic rings. The summed E-state index contributed by atoms with van der Waals surface area (Å²) in [5.41, 5.74) is 0. The van der Waals surface area contributed by atoms with Crippen LogP contribution in [0.1, 0.15) is 6.42 Å². The number of amides is 1. The van der Waals surface area contributed by atoms with Crippen LogP contribution < -0.4 is 29.3 Å². The number of oxime groups is 1. The zero-order valence-corrected chi connectivity index (χ0v) is 11.0. The molecule has 0 heterocycles. The Morgan fingerprint density at radius 2 is 2.07 bits per heavy atom. The summed E-state index contributed by atoms with van der Waals surface area (Å²) in [7, 11) is 6.28. The number of carbonyl (C=O) groups is 1. The highest BCUT2D eigenvalue weighted by Gasteiger charge is 2.05. The van der Waals surface area contributed by atoms with Crippen molar-refractivity contribution in [3.63, 3.8) is 0 Å². The molecule has 0 fully saturated rings. The number of hydrogen-bond donors (Lipinski definition) is 2. The number of quaternary nitrogens is 1. The lowest BCUT2D eigenvalue weighted by molar-refractivity contribution is -0.870. The van der Waals surface area contributed by atoms with Crippen molar-refractivity contribution in [2.24, 2.45) is 5.16 Å². The van der Waals surface area contributed by atoms with E-state index in [1.165, 1.54) is 0 Å². The van der Waals surface area contributed by atoms with Crippen molar-refractivity contribution in [2.45, 2.75) is 6.42 Å². The zero-order chi connectivity index (χ0) is 10.3. The van der Waals surface area contributed by atoms with Crippen LogP contribution in [-0.4, -0.2) is 56.0 Å². The van der Waals surface area contributed by atoms with E-state index in [1.807, 2.05) is 0 Å². The Morgan fingerprint density at radius 1 is 1.50 bits per heavy atom. The Kier molecular flexibility index (Phi) is 9.16. The van der Waals surface area contributed by atoms with E-state index < -0.39 is 0 Å². The molecule has 84 valence electrons. The molecule has 0 radical (unpaired) electrons. The Morgan fingerprint density at radius 3 is 2.50 bits per heavy atom. The largest absolute Gasteiger partial charge is 1.00 e. The van der Waals surface area contributed by atoms with E-state index in [2.05, 4.69) is 31.6 Å². The van der Waals surface area contributed by atoms with Gasteiger partial charge in [0.05, 0.1) is 27.7 Å². The Hall–Kier alpha value is -0.370. The van der Waals surface area contributed by atoms with E-state index in [-0.39, 0.29) is 29.9 Å². The molecular weight excluding hydrogens is 297 g/mol. The number of nitrogens with one attached hydrogen (secondary N) is 1. The number of halogens is 1. The van der Waals surface area contributed by atoms with Gasteiger partial charge in [-0.15, -0.1) is 0 Å². The van der Waals surface area contributed by atoms with Gasteiger partial charge in [-0.1, -0.05) is 5.16 Å². The standard InChI is InChI=1S/C8H17N3O2.HI/c1-11(2,3)6-4-5-9-8(12)7-10-13;/h7H,4-6H2,1-3H3,(H-,9,12,13);1H. The van der Waals surface area contributed by atoms with Crippen molar-refractivity contribution in [1.82, 2.24) is 5.32 Å². The molecule has 14 heavy (non-hydrogen) atoms. The summed E-state index contributed by atoms with van der Waals surface area (Å²) in [6.07, 6.45) is 1.76. The quantitative estimate of drug-likeness (QED) is 0.139. The second-order valence-electron chi connectivity index (χ2n) is 3.90. The molecule has 0 unspecified atom stereocenters. The highest BCUT2D eigenvalue weighted by molar-refractivity contribution is 6.25. The normalized spacial score (nSPS) is 11.1. The molecule has 0 spiro atoms. The Labute approximate surface area is 102 Å². The first-order valence-electron chi connectivity index (χ1n) is 4.21. The second-order valence-corrected chi connectivity index (χ2v) is 3.90. The lowest BCUT2D eigenvalue weighted by Crippen LogP contribution is -3.00. The molecule has 1 amide bonds. The predicted molar refractivity (Wildman–Crippen MR) is 50.8 cm³/mol. The number of nitrogens with zero attached hydrogens (tertiary/aromatic N) is 2. The molecule has 0 aliphatic carbocycles. The minimum absolute atomic E-state index is 0. The average Bonchev–Trinajstić information content (AvgIpc) is 1.97. The van der Waals surface area contributed by atoms with Crippen LogP contribution in [0.2, 0.25) is 0 Å². The first-order chi connectivity index (χ1) is 5.95. The molecule has 6 heteroatoms. The number of hydrogen-bond acceptors (Lipinski definition) is 3. The van der Waals surface area contributed by atoms with Gasteiger partial charge in [0.25, 0.3) is 5.91 Å². The van der Waals surface area contributed by atoms with E-state index in [1.54, 1.807) is 0 Å². The van der Waals surface area contributed by atoms with Gasteiger partial charge in [0, 0.05) is 13.0 Å². The van der Waals surface area contributed by atoms with Crippen LogP contribution in [0.25, 0.3) is 0 Å². The summed E-state index contributed by atoms with van der Waals surface area (Å²) in [5.74, 6) is -0.357. The van der Waals surface area contributed by atoms with Gasteiger partial charge in [0.15, 0.2) is 0 Å². The molecule has 0 aromatic heterocycles. The van der Waals surface area contributed by atoms with Gasteiger partial charge in [0.1, 0.15) is 6.21 Å². The maximum Gasteiger partial charge on any atom is 0.265 e. The summed E-state index contributed by atoms with van der Waals surface area (Å²) in [6.45, 7) is 1.61. The van der Waals surface area contributed by atoms with E-state index >= 15 is 0 Å². The summed E-state index contributed by atoms with van der Waals surface area (Å²) < 4.78 is 0.879. The van der Waals surface area contributed by atoms with Crippen molar-refractivity contribution in [2.75, 3.05) is 34.2 Å². The van der Waals surface area contributed by atoms with Crippen LogP contribution in [0.3, 0.4) is 0 Å². The van der Waals surface area contributed by atoms with Gasteiger partial charge >= 0.3 is 0 Å². The monoisotopic (exact) mass is 315 g/mol. The van der Waals surface area contributed by atoms with Crippen molar-refractivity contribution in [1.29, 1.82) is 0 Å². The summed E-state index contributed by atoms with van der Waals surface area (Å²) >= 11 is 0. The molecule has 0 rings (SSSR count). The fourth-order valence-electron chi connectivity index (χ4n) is 0.863. The maximum atomic E-state index is 10.7. The lowest BCUT2D eigenvalue weighted by Gasteiger charge is -2.23. The zero-order valence-electron chi connectivity index (χ0n) is 8.83. The average molecular weight is 315 g/mol. The molecule has 2 N–H and O–H groups in total. The van der Waals surface area contributed by atoms with Crippen LogP contribution in [0.15, 0.2) is 5.16 Å². The summed E-state index contributed by atoms with van der Waals surface area (Å²) in [5, 5.41) is 13.2. The summed E-state index contributed by atoms with van der Waals surface area (Å²) in [6, 6.07) is 0. The first-order valence-corrected chi connectivity index (χ1v) is 4.21. The Bertz CT molecular complexity index is 190. The third-order valence-electron chi connectivity index (χ3n) is 1.48. The van der Waals surface area contributed by atoms with Gasteiger partial charge in [-0.25, -0.2) is 0 Å². The molecule has 5 nitrogen and oxygen atoms in total. The second kappa shape index (κ2) is 7.98. The van der Waals surface area contributed by atoms with E-state index in [0.717, 1.165) is 23.7 Å². The fourth-order valence-corrected chi connectivity index (χ4v) is 0.863. The minimum atomic E-state index is -0.357. The van der Waals surface area contributed by atoms with Crippen molar-refractivity contribution in [3.8, 4) is 0 Å². The van der Waals surface area contributed by atoms with Gasteiger partial charge < -0.3 is 39.0 Å². The Balaban J connectivity index is 0. The van der Waals surface area contributed by atoms with Crippen molar-refractivity contribution in [3.05, 3.63) is 0 Å². The van der Waals surface area contributed by atoms with E-state index in [9.17, 15) is 4.79 Å². The number of rotatable bonds is 5. The minimum Gasteiger partial charge on any atom is -1.00 e. The highest BCUT2D eigenvalue weighted by Crippen LogP contribution is 1.91. The van der Waals surface area contributed by atoms with Crippen LogP contribution in [0, 0.1) is 0 Å². The smallest absolute Gasteiger partial charge is 0.265 e. The number of carbonyl (C=O) groups excluding carboxylic acids is 1. The van der Waals surface area contributed by atoms with Gasteiger partial charge in [-0.05, 0) is 0 Å². The van der Waals surface area contributed by atoms with Gasteiger partial charge in [0.2, 0.25) is 0 Å².